The molecule has 0 radical (unpaired) electrons. The number of rotatable bonds is 9. The molecule has 2 heterocycles. The maximum absolute atomic E-state index is 13.7. The van der Waals surface area contributed by atoms with E-state index in [9.17, 15) is 19.8 Å². The summed E-state index contributed by atoms with van der Waals surface area (Å²) in [5, 5.41) is 26.5. The Hall–Kier alpha value is -3.62. The van der Waals surface area contributed by atoms with Crippen molar-refractivity contribution in [3.63, 3.8) is 0 Å². The molecule has 0 aliphatic carbocycles. The highest BCUT2D eigenvalue weighted by atomic mass is 32.1. The topological polar surface area (TPSA) is 84.5 Å². The van der Waals surface area contributed by atoms with E-state index >= 15 is 0 Å². The van der Waals surface area contributed by atoms with E-state index in [4.69, 9.17) is 24.4 Å². The Bertz CT molecular complexity index is 1820. The van der Waals surface area contributed by atoms with E-state index in [1.54, 1.807) is 48.5 Å². The van der Waals surface area contributed by atoms with Gasteiger partial charge >= 0.3 is 0 Å². The number of aromatic hydroxyl groups is 2. The Kier molecular flexibility index (Phi) is 7.03. The van der Waals surface area contributed by atoms with Gasteiger partial charge in [0.15, 0.2) is 0 Å². The molecule has 8 heteroatoms. The Labute approximate surface area is 230 Å². The molecule has 5 aromatic rings. The van der Waals surface area contributed by atoms with E-state index in [2.05, 4.69) is 13.8 Å². The number of unbranched alkanes of at least 4 members (excludes halogenated alkanes) is 1. The van der Waals surface area contributed by atoms with Crippen molar-refractivity contribution in [1.82, 2.24) is 9.13 Å². The van der Waals surface area contributed by atoms with Crippen LogP contribution in [0.1, 0.15) is 45.1 Å². The second-order valence-corrected chi connectivity index (χ2v) is 10.4. The van der Waals surface area contributed by atoms with Crippen LogP contribution in [0.5, 0.6) is 11.8 Å². The largest absolute Gasteiger partial charge is 0.494 e. The predicted molar refractivity (Wildman–Crippen MR) is 162 cm³/mol. The van der Waals surface area contributed by atoms with Crippen LogP contribution in [-0.2, 0) is 6.54 Å². The third-order valence-electron chi connectivity index (χ3n) is 7.52. The minimum atomic E-state index is -0.427. The molecular weight excluding hydrogens is 516 g/mol. The van der Waals surface area contributed by atoms with Crippen LogP contribution in [0.15, 0.2) is 58.1 Å². The van der Waals surface area contributed by atoms with Crippen molar-refractivity contribution in [2.24, 2.45) is 5.92 Å². The van der Waals surface area contributed by atoms with Crippen LogP contribution in [0.25, 0.3) is 38.0 Å². The Balaban J connectivity index is 1.75. The predicted octanol–water partition coefficient (Wildman–Crippen LogP) is 6.24. The first-order valence-electron chi connectivity index (χ1n) is 12.8. The summed E-state index contributed by atoms with van der Waals surface area (Å²) in [5.41, 5.74) is 0.490. The van der Waals surface area contributed by atoms with Crippen LogP contribution in [0.3, 0.4) is 0 Å². The van der Waals surface area contributed by atoms with Crippen molar-refractivity contribution in [2.75, 3.05) is 0 Å². The number of benzene rings is 3. The van der Waals surface area contributed by atoms with Crippen LogP contribution in [0.4, 0.5) is 0 Å². The van der Waals surface area contributed by atoms with Gasteiger partial charge < -0.3 is 10.2 Å². The molecule has 194 valence electrons. The first kappa shape index (κ1) is 26.0. The van der Waals surface area contributed by atoms with Gasteiger partial charge in [-0.25, -0.2) is 4.57 Å². The van der Waals surface area contributed by atoms with Crippen molar-refractivity contribution >= 4 is 67.0 Å². The van der Waals surface area contributed by atoms with Gasteiger partial charge in [0.2, 0.25) is 11.8 Å². The highest BCUT2D eigenvalue weighted by molar-refractivity contribution is 7.88. The van der Waals surface area contributed by atoms with E-state index in [-0.39, 0.29) is 23.2 Å². The van der Waals surface area contributed by atoms with E-state index in [1.165, 1.54) is 14.5 Å². The fourth-order valence-electron chi connectivity index (χ4n) is 5.38. The number of thiocarbonyl (C=S) groups is 2. The van der Waals surface area contributed by atoms with Crippen LogP contribution in [0.2, 0.25) is 0 Å². The molecule has 5 rings (SSSR count). The van der Waals surface area contributed by atoms with E-state index in [0.29, 0.717) is 49.4 Å². The summed E-state index contributed by atoms with van der Waals surface area (Å²) in [7, 11) is 0. The molecule has 0 saturated heterocycles. The van der Waals surface area contributed by atoms with Gasteiger partial charge in [0.25, 0.3) is 11.1 Å². The van der Waals surface area contributed by atoms with Crippen LogP contribution >= 0.6 is 24.4 Å². The minimum absolute atomic E-state index is 0.111. The molecule has 0 aliphatic heterocycles. The lowest BCUT2D eigenvalue weighted by atomic mass is 9.95. The summed E-state index contributed by atoms with van der Waals surface area (Å²) in [4.78, 5) is 27.8. The number of pyridine rings is 2. The van der Waals surface area contributed by atoms with Gasteiger partial charge in [-0.3, -0.25) is 14.2 Å². The quantitative estimate of drug-likeness (QED) is 0.130. The van der Waals surface area contributed by atoms with Crippen molar-refractivity contribution < 1.29 is 10.2 Å². The zero-order valence-electron chi connectivity index (χ0n) is 21.2. The molecule has 2 aromatic heterocycles. The highest BCUT2D eigenvalue weighted by Crippen LogP contribution is 2.39. The Morgan fingerprint density at radius 1 is 0.868 bits per heavy atom. The molecule has 38 heavy (non-hydrogen) atoms. The van der Waals surface area contributed by atoms with Crippen LogP contribution in [0, 0.1) is 5.92 Å². The molecular formula is C30H28N2O4S2. The second kappa shape index (κ2) is 10.3. The lowest BCUT2D eigenvalue weighted by molar-refractivity contribution is 0.344. The summed E-state index contributed by atoms with van der Waals surface area (Å²) in [6, 6.07) is 13.6. The average Bonchev–Trinajstić information content (AvgIpc) is 2.94. The standard InChI is InChI=1S/C30H28N2O4S2/c1-3-5-6-17(4-2)15-31-27(33)20-11-13-22-26-23(14-12-21(25(20)26)28(31)34)30(36)32(29(22)35)19-9-7-18(8-10-19)24(38)16-37/h7-14,16-17,33,36H,3-6,15H2,1-2H3. The number of aromatic nitrogens is 2. The summed E-state index contributed by atoms with van der Waals surface area (Å²) in [6.45, 7) is 4.66. The highest BCUT2D eigenvalue weighted by Gasteiger charge is 2.23. The van der Waals surface area contributed by atoms with Crippen LogP contribution in [-0.4, -0.2) is 29.6 Å². The first-order valence-corrected chi connectivity index (χ1v) is 13.7. The smallest absolute Gasteiger partial charge is 0.265 e. The number of nitrogens with zero attached hydrogens (tertiary/aromatic N) is 2. The summed E-state index contributed by atoms with van der Waals surface area (Å²) in [6.07, 6.45) is 4.03. The van der Waals surface area contributed by atoms with E-state index < -0.39 is 5.56 Å². The fourth-order valence-corrected chi connectivity index (χ4v) is 5.65. The van der Waals surface area contributed by atoms with Crippen molar-refractivity contribution in [3.8, 4) is 17.4 Å². The summed E-state index contributed by atoms with van der Waals surface area (Å²) < 4.78 is 2.69. The van der Waals surface area contributed by atoms with Gasteiger partial charge in [-0.05, 0) is 54.3 Å². The third kappa shape index (κ3) is 4.08. The molecule has 0 aliphatic rings. The molecule has 3 aromatic carbocycles. The minimum Gasteiger partial charge on any atom is -0.494 e. The molecule has 6 nitrogen and oxygen atoms in total. The van der Waals surface area contributed by atoms with E-state index in [0.717, 1.165) is 31.2 Å². The molecule has 1 unspecified atom stereocenters. The lowest BCUT2D eigenvalue weighted by Crippen LogP contribution is -2.25. The Morgan fingerprint density at radius 3 is 2.03 bits per heavy atom. The Morgan fingerprint density at radius 2 is 1.45 bits per heavy atom. The van der Waals surface area contributed by atoms with Gasteiger partial charge in [-0.15, -0.1) is 0 Å². The number of hydrogen-bond acceptors (Lipinski definition) is 6. The van der Waals surface area contributed by atoms with Crippen molar-refractivity contribution in [2.45, 2.75) is 46.1 Å². The second-order valence-electron chi connectivity index (χ2n) is 9.72. The van der Waals surface area contributed by atoms with Gasteiger partial charge in [0.05, 0.1) is 10.6 Å². The van der Waals surface area contributed by atoms with Gasteiger partial charge in [0, 0.05) is 44.2 Å². The molecule has 0 bridgehead atoms. The molecule has 0 spiro atoms. The molecule has 1 atom stereocenters. The van der Waals surface area contributed by atoms with Gasteiger partial charge in [-0.1, -0.05) is 69.7 Å². The van der Waals surface area contributed by atoms with E-state index in [1.807, 2.05) is 0 Å². The first-order chi connectivity index (χ1) is 18.3. The summed E-state index contributed by atoms with van der Waals surface area (Å²) >= 11 is 10.1. The van der Waals surface area contributed by atoms with Gasteiger partial charge in [0.1, 0.15) is 0 Å². The maximum atomic E-state index is 13.7. The normalized spacial score (nSPS) is 12.5. The molecule has 0 amide bonds. The number of hydrogen-bond donors (Lipinski definition) is 2. The third-order valence-corrected chi connectivity index (χ3v) is 8.26. The zero-order chi connectivity index (χ0) is 27.1. The fraction of sp³-hybridized carbons (Fsp3) is 0.267. The van der Waals surface area contributed by atoms with Crippen molar-refractivity contribution in [3.05, 3.63) is 74.8 Å². The van der Waals surface area contributed by atoms with Gasteiger partial charge in [-0.2, -0.15) is 0 Å². The molecule has 0 saturated carbocycles. The van der Waals surface area contributed by atoms with Crippen molar-refractivity contribution in [1.29, 1.82) is 0 Å². The molecule has 2 N–H and O–H groups in total. The SMILES string of the molecule is CCCCC(CC)Cn1c(O)c2ccc3c(=O)n(-c4ccc(C(=S)C=S)cc4)c(O)c4ccc(c1=O)c2c43. The molecule has 0 fully saturated rings. The summed E-state index contributed by atoms with van der Waals surface area (Å²) in [5.74, 6) is -0.0790. The lowest BCUT2D eigenvalue weighted by Gasteiger charge is -2.21. The van der Waals surface area contributed by atoms with Crippen LogP contribution < -0.4 is 11.1 Å². The monoisotopic (exact) mass is 544 g/mol. The maximum Gasteiger partial charge on any atom is 0.265 e. The average molecular weight is 545 g/mol. The zero-order valence-corrected chi connectivity index (χ0v) is 22.9.